The first-order valence-corrected chi connectivity index (χ1v) is 10.2. The summed E-state index contributed by atoms with van der Waals surface area (Å²) in [6, 6.07) is 0. The van der Waals surface area contributed by atoms with Crippen molar-refractivity contribution in [2.24, 2.45) is 17.8 Å². The van der Waals surface area contributed by atoms with E-state index in [0.717, 1.165) is 35.7 Å². The van der Waals surface area contributed by atoms with Crippen LogP contribution in [0.5, 0.6) is 0 Å². The molecule has 4 aliphatic carbocycles. The number of carbonyl (C=O) groups excluding carboxylic acids is 1. The van der Waals surface area contributed by atoms with Gasteiger partial charge in [-0.2, -0.15) is 0 Å². The summed E-state index contributed by atoms with van der Waals surface area (Å²) in [6.07, 6.45) is 10.5. The number of hydrogen-bond acceptors (Lipinski definition) is 3. The van der Waals surface area contributed by atoms with Gasteiger partial charge >= 0.3 is 0 Å². The number of thiazole rings is 1. The van der Waals surface area contributed by atoms with Crippen molar-refractivity contribution in [1.29, 1.82) is 0 Å². The fourth-order valence-electron chi connectivity index (χ4n) is 5.64. The largest absolute Gasteiger partial charge is 0.302 e. The molecule has 0 aromatic carbocycles. The zero-order valence-electron chi connectivity index (χ0n) is 14.4. The van der Waals surface area contributed by atoms with Gasteiger partial charge in [-0.3, -0.25) is 4.79 Å². The van der Waals surface area contributed by atoms with E-state index >= 15 is 0 Å². The van der Waals surface area contributed by atoms with E-state index in [2.05, 4.69) is 22.5 Å². The van der Waals surface area contributed by atoms with E-state index in [4.69, 9.17) is 4.98 Å². The van der Waals surface area contributed by atoms with Crippen LogP contribution in [0.4, 0.5) is 5.13 Å². The number of nitrogens with zero attached hydrogens (tertiary/aromatic N) is 1. The summed E-state index contributed by atoms with van der Waals surface area (Å²) in [4.78, 5) is 16.9. The third-order valence-electron chi connectivity index (χ3n) is 6.21. The molecule has 5 rings (SSSR count). The van der Waals surface area contributed by atoms with Gasteiger partial charge in [0.1, 0.15) is 0 Å². The Labute approximate surface area is 148 Å². The van der Waals surface area contributed by atoms with Crippen LogP contribution in [-0.2, 0) is 10.2 Å². The van der Waals surface area contributed by atoms with Crippen LogP contribution in [0.3, 0.4) is 0 Å². The van der Waals surface area contributed by atoms with Crippen molar-refractivity contribution >= 4 is 22.4 Å². The van der Waals surface area contributed by atoms with Crippen LogP contribution in [0.25, 0.3) is 0 Å². The molecule has 128 valence electrons. The van der Waals surface area contributed by atoms with Crippen molar-refractivity contribution < 1.29 is 4.79 Å². The number of hydrogen-bond donors (Lipinski definition) is 1. The van der Waals surface area contributed by atoms with Crippen LogP contribution in [-0.4, -0.2) is 10.9 Å². The number of carbonyl (C=O) groups is 1. The van der Waals surface area contributed by atoms with Crippen molar-refractivity contribution in [3.8, 4) is 11.8 Å². The first kappa shape index (κ1) is 16.1. The maximum atomic E-state index is 12.0. The van der Waals surface area contributed by atoms with Gasteiger partial charge in [0.15, 0.2) is 5.13 Å². The van der Waals surface area contributed by atoms with Crippen LogP contribution < -0.4 is 5.32 Å². The Bertz CT molecular complexity index is 646. The third kappa shape index (κ3) is 3.11. The Morgan fingerprint density at radius 3 is 2.58 bits per heavy atom. The third-order valence-corrected chi connectivity index (χ3v) is 6.97. The van der Waals surface area contributed by atoms with Gasteiger partial charge in [0.25, 0.3) is 0 Å². The molecule has 1 N–H and O–H groups in total. The number of amides is 1. The molecule has 0 radical (unpaired) electrons. The second-order valence-electron chi connectivity index (χ2n) is 8.06. The lowest BCUT2D eigenvalue weighted by Gasteiger charge is -2.56. The minimum Gasteiger partial charge on any atom is -0.302 e. The predicted octanol–water partition coefficient (Wildman–Crippen LogP) is 4.74. The number of rotatable bonds is 5. The molecule has 1 aromatic rings. The summed E-state index contributed by atoms with van der Waals surface area (Å²) in [5.74, 6) is 8.72. The van der Waals surface area contributed by atoms with Crippen molar-refractivity contribution in [2.45, 2.75) is 70.1 Å². The molecular formula is C20H26N2OS. The number of aromatic nitrogens is 1. The van der Waals surface area contributed by atoms with Crippen LogP contribution in [0.2, 0.25) is 0 Å². The predicted molar refractivity (Wildman–Crippen MR) is 97.9 cm³/mol. The molecule has 4 aliphatic rings. The second kappa shape index (κ2) is 6.52. The van der Waals surface area contributed by atoms with Crippen molar-refractivity contribution in [1.82, 2.24) is 4.98 Å². The lowest BCUT2D eigenvalue weighted by molar-refractivity contribution is -0.116. The first-order valence-electron chi connectivity index (χ1n) is 9.32. The molecule has 1 heterocycles. The molecule has 4 fully saturated rings. The Hall–Kier alpha value is -1.34. The smallest absolute Gasteiger partial charge is 0.226 e. The highest BCUT2D eigenvalue weighted by Gasteiger charge is 2.52. The fourth-order valence-corrected chi connectivity index (χ4v) is 6.49. The molecule has 24 heavy (non-hydrogen) atoms. The van der Waals surface area contributed by atoms with Crippen molar-refractivity contribution in [3.63, 3.8) is 0 Å². The summed E-state index contributed by atoms with van der Waals surface area (Å²) >= 11 is 1.60. The summed E-state index contributed by atoms with van der Waals surface area (Å²) in [6.45, 7) is 1.83. The summed E-state index contributed by atoms with van der Waals surface area (Å²) < 4.78 is 0. The van der Waals surface area contributed by atoms with Crippen LogP contribution >= 0.6 is 11.3 Å². The maximum absolute atomic E-state index is 12.0. The molecule has 4 bridgehead atoms. The number of unbranched alkanes of at least 4 members (excludes halogenated alkanes) is 1. The van der Waals surface area contributed by atoms with Crippen LogP contribution in [0.15, 0.2) is 5.38 Å². The van der Waals surface area contributed by atoms with E-state index in [-0.39, 0.29) is 5.91 Å². The topological polar surface area (TPSA) is 42.0 Å². The first-order chi connectivity index (χ1) is 11.7. The highest BCUT2D eigenvalue weighted by Crippen LogP contribution is 2.60. The molecule has 4 saturated carbocycles. The Morgan fingerprint density at radius 1 is 1.29 bits per heavy atom. The molecule has 0 spiro atoms. The van der Waals surface area contributed by atoms with Gasteiger partial charge < -0.3 is 5.32 Å². The van der Waals surface area contributed by atoms with Crippen LogP contribution in [0.1, 0.15) is 70.4 Å². The van der Waals surface area contributed by atoms with Gasteiger partial charge in [-0.25, -0.2) is 4.98 Å². The zero-order valence-corrected chi connectivity index (χ0v) is 15.3. The molecule has 0 atom stereocenters. The Kier molecular flexibility index (Phi) is 4.39. The molecule has 0 unspecified atom stereocenters. The van der Waals surface area contributed by atoms with E-state index in [1.807, 2.05) is 6.92 Å². The summed E-state index contributed by atoms with van der Waals surface area (Å²) in [5.41, 5.74) is 1.59. The minimum absolute atomic E-state index is 0.0688. The Balaban J connectivity index is 1.40. The lowest BCUT2D eigenvalue weighted by atomic mass is 9.49. The minimum atomic E-state index is 0.0688. The average molecular weight is 343 g/mol. The normalized spacial score (nSPS) is 33.1. The van der Waals surface area contributed by atoms with Crippen LogP contribution in [0, 0.1) is 29.6 Å². The molecule has 4 heteroatoms. The van der Waals surface area contributed by atoms with Gasteiger partial charge in [-0.15, -0.1) is 23.2 Å². The highest BCUT2D eigenvalue weighted by atomic mass is 32.1. The SMILES string of the molecule is CC#CCCCC(=O)Nc1nc(C23CC4CC(CC(C4)C2)C3)cs1. The molecule has 0 aliphatic heterocycles. The number of anilines is 1. The monoisotopic (exact) mass is 342 g/mol. The quantitative estimate of drug-likeness (QED) is 0.620. The molecule has 0 saturated heterocycles. The van der Waals surface area contributed by atoms with E-state index in [1.165, 1.54) is 44.2 Å². The highest BCUT2D eigenvalue weighted by molar-refractivity contribution is 7.13. The lowest BCUT2D eigenvalue weighted by Crippen LogP contribution is -2.48. The van der Waals surface area contributed by atoms with Gasteiger partial charge in [0.2, 0.25) is 5.91 Å². The molecular weight excluding hydrogens is 316 g/mol. The van der Waals surface area contributed by atoms with E-state index in [0.29, 0.717) is 11.8 Å². The zero-order chi connectivity index (χ0) is 16.6. The average Bonchev–Trinajstić information content (AvgIpc) is 2.99. The van der Waals surface area contributed by atoms with E-state index in [9.17, 15) is 4.79 Å². The van der Waals surface area contributed by atoms with Gasteiger partial charge in [0, 0.05) is 23.6 Å². The molecule has 1 aromatic heterocycles. The fraction of sp³-hybridized carbons (Fsp3) is 0.700. The Morgan fingerprint density at radius 2 is 1.96 bits per heavy atom. The van der Waals surface area contributed by atoms with Gasteiger partial charge in [-0.05, 0) is 69.6 Å². The maximum Gasteiger partial charge on any atom is 0.226 e. The second-order valence-corrected chi connectivity index (χ2v) is 8.92. The van der Waals surface area contributed by atoms with Crippen molar-refractivity contribution in [2.75, 3.05) is 5.32 Å². The number of nitrogens with one attached hydrogen (secondary N) is 1. The van der Waals surface area contributed by atoms with Gasteiger partial charge in [0.05, 0.1) is 5.69 Å². The molecule has 3 nitrogen and oxygen atoms in total. The standard InChI is InChI=1S/C20H26N2OS/c1-2-3-4-5-6-18(23)22-19-21-17(13-24-19)20-10-14-7-15(11-20)9-16(8-14)12-20/h13-16H,4-12H2,1H3,(H,21,22,23). The van der Waals surface area contributed by atoms with E-state index < -0.39 is 0 Å². The van der Waals surface area contributed by atoms with Gasteiger partial charge in [-0.1, -0.05) is 0 Å². The van der Waals surface area contributed by atoms with E-state index in [1.54, 1.807) is 11.3 Å². The molecule has 1 amide bonds. The summed E-state index contributed by atoms with van der Waals surface area (Å²) in [5, 5.41) is 5.99. The summed E-state index contributed by atoms with van der Waals surface area (Å²) in [7, 11) is 0. The van der Waals surface area contributed by atoms with Crippen molar-refractivity contribution in [3.05, 3.63) is 11.1 Å².